The van der Waals surface area contributed by atoms with Gasteiger partial charge < -0.3 is 44.4 Å². The van der Waals surface area contributed by atoms with Gasteiger partial charge in [-0.15, -0.1) is 0 Å². The molecule has 0 spiro atoms. The summed E-state index contributed by atoms with van der Waals surface area (Å²) >= 11 is 0. The Morgan fingerprint density at radius 3 is 0.826 bits per heavy atom. The number of rotatable bonds is 46. The van der Waals surface area contributed by atoms with Crippen molar-refractivity contribution in [3.05, 3.63) is 162 Å². The van der Waals surface area contributed by atoms with Crippen LogP contribution in [0.1, 0.15) is 341 Å². The summed E-state index contributed by atoms with van der Waals surface area (Å²) in [6, 6.07) is 45.7. The Labute approximate surface area is 659 Å². The van der Waals surface area contributed by atoms with Gasteiger partial charge in [0.05, 0.1) is 38.6 Å². The molecule has 6 aromatic rings. The van der Waals surface area contributed by atoms with Gasteiger partial charge in [-0.25, -0.2) is 0 Å². The lowest BCUT2D eigenvalue weighted by atomic mass is 9.90. The Bertz CT molecular complexity index is 3320. The molecule has 3 N–H and O–H groups in total. The van der Waals surface area contributed by atoms with Gasteiger partial charge >= 0.3 is 0 Å². The minimum Gasteiger partial charge on any atom is -0.493 e. The van der Waals surface area contributed by atoms with E-state index >= 15 is 0 Å². The fourth-order valence-electron chi connectivity index (χ4n) is 15.7. The first-order chi connectivity index (χ1) is 53.6. The van der Waals surface area contributed by atoms with Crippen LogP contribution in [0.25, 0.3) is 0 Å². The molecule has 4 saturated carbocycles. The number of amides is 3. The fourth-order valence-corrected chi connectivity index (χ4v) is 15.7. The summed E-state index contributed by atoms with van der Waals surface area (Å²) < 4.78 is 36.5. The molecule has 2 atom stereocenters. The van der Waals surface area contributed by atoms with Crippen molar-refractivity contribution in [1.29, 1.82) is 0 Å². The van der Waals surface area contributed by atoms with Crippen molar-refractivity contribution >= 4 is 34.8 Å². The second-order valence-corrected chi connectivity index (χ2v) is 32.1. The number of hydrogen-bond acceptors (Lipinski definition) is 9. The Morgan fingerprint density at radius 2 is 0.523 bits per heavy atom. The van der Waals surface area contributed by atoms with Crippen LogP contribution in [0, 0.1) is 23.7 Å². The van der Waals surface area contributed by atoms with Crippen molar-refractivity contribution in [1.82, 2.24) is 0 Å². The van der Waals surface area contributed by atoms with Crippen LogP contribution in [-0.4, -0.2) is 56.4 Å². The molecule has 0 radical (unpaired) electrons. The minimum atomic E-state index is -0.116. The van der Waals surface area contributed by atoms with Gasteiger partial charge in [0.25, 0.3) is 17.7 Å². The highest BCUT2D eigenvalue weighted by Crippen LogP contribution is 2.32. The molecule has 0 aromatic heterocycles. The van der Waals surface area contributed by atoms with Crippen molar-refractivity contribution in [3.63, 3.8) is 0 Å². The zero-order valence-electron chi connectivity index (χ0n) is 67.9. The van der Waals surface area contributed by atoms with E-state index in [9.17, 15) is 14.4 Å². The number of anilines is 3. The second-order valence-electron chi connectivity index (χ2n) is 32.1. The normalized spacial score (nSPS) is 15.5. The van der Waals surface area contributed by atoms with Gasteiger partial charge in [-0.05, 0) is 272 Å². The lowest BCUT2D eigenvalue weighted by Crippen LogP contribution is -2.19. The highest BCUT2D eigenvalue weighted by molar-refractivity contribution is 6.05. The van der Waals surface area contributed by atoms with Crippen LogP contribution in [-0.2, 0) is 0 Å². The highest BCUT2D eigenvalue weighted by Gasteiger charge is 2.21. The van der Waals surface area contributed by atoms with E-state index in [0.29, 0.717) is 52.6 Å². The zero-order valence-corrected chi connectivity index (χ0v) is 67.9. The molecule has 4 aliphatic carbocycles. The van der Waals surface area contributed by atoms with Gasteiger partial charge in [-0.3, -0.25) is 14.4 Å². The van der Waals surface area contributed by atoms with Gasteiger partial charge in [-0.1, -0.05) is 207 Å². The molecule has 4 fully saturated rings. The van der Waals surface area contributed by atoms with Crippen molar-refractivity contribution in [2.45, 2.75) is 322 Å². The molecule has 12 heteroatoms. The molecule has 0 heterocycles. The van der Waals surface area contributed by atoms with Gasteiger partial charge in [0.1, 0.15) is 34.5 Å². The molecule has 0 aliphatic heterocycles. The first-order valence-electron chi connectivity index (χ1n) is 44.0. The summed E-state index contributed by atoms with van der Waals surface area (Å²) in [5.74, 6) is 7.38. The molecular weight excluding hydrogens is 1350 g/mol. The van der Waals surface area contributed by atoms with Crippen LogP contribution in [0.5, 0.6) is 34.5 Å². The number of carbonyl (C=O) groups is 3. The van der Waals surface area contributed by atoms with Crippen LogP contribution in [0.4, 0.5) is 17.1 Å². The van der Waals surface area contributed by atoms with E-state index < -0.39 is 0 Å². The maximum Gasteiger partial charge on any atom is 0.255 e. The number of carbonyl (C=O) groups excluding carboxylic acids is 3. The lowest BCUT2D eigenvalue weighted by molar-refractivity contribution is 0.101. The summed E-state index contributed by atoms with van der Waals surface area (Å²) in [7, 11) is 0. The number of benzene rings is 6. The smallest absolute Gasteiger partial charge is 0.255 e. The average molecular weight is 1490 g/mol. The largest absolute Gasteiger partial charge is 0.493 e. The van der Waals surface area contributed by atoms with Gasteiger partial charge in [0.15, 0.2) is 0 Å². The maximum absolute atomic E-state index is 13.0. The molecule has 4 aliphatic rings. The molecule has 0 bridgehead atoms. The summed E-state index contributed by atoms with van der Waals surface area (Å²) in [5, 5.41) is 8.96. The summed E-state index contributed by atoms with van der Waals surface area (Å²) in [5.41, 5.74) is 4.21. The summed E-state index contributed by atoms with van der Waals surface area (Å²) in [6.07, 6.45) is 57.4. The van der Waals surface area contributed by atoms with Crippen molar-refractivity contribution < 1.29 is 42.8 Å². The average Bonchev–Trinajstić information content (AvgIpc) is 0.878. The Hall–Kier alpha value is -7.47. The van der Waals surface area contributed by atoms with E-state index in [1.54, 1.807) is 0 Å². The van der Waals surface area contributed by atoms with E-state index in [2.05, 4.69) is 43.6 Å². The minimum absolute atomic E-state index is 0.108. The Morgan fingerprint density at radius 1 is 0.284 bits per heavy atom. The number of hydrogen-bond donors (Lipinski definition) is 3. The zero-order chi connectivity index (χ0) is 76.4. The van der Waals surface area contributed by atoms with E-state index in [1.807, 2.05) is 146 Å². The fraction of sp³-hybridized carbons (Fsp3) is 0.598. The lowest BCUT2D eigenvalue weighted by Gasteiger charge is -2.23. The van der Waals surface area contributed by atoms with E-state index in [1.165, 1.54) is 257 Å². The molecule has 109 heavy (non-hydrogen) atoms. The quantitative estimate of drug-likeness (QED) is 0.0318. The molecule has 2 unspecified atom stereocenters. The van der Waals surface area contributed by atoms with Crippen molar-refractivity contribution in [2.24, 2.45) is 23.7 Å². The second kappa shape index (κ2) is 53.4. The molecule has 3 amide bonds. The molecule has 12 nitrogen and oxygen atoms in total. The predicted molar refractivity (Wildman–Crippen MR) is 453 cm³/mol. The monoisotopic (exact) mass is 1490 g/mol. The standard InChI is InChI=1S/C45H75NO3.C27H35NO3.C25H31NO3/c1-5-9-13-17-19-23-27-39(25-21-15-11-7-3)37-48-43-33-29-41(30-34-43)45(47)46-42-31-35-44(36-32-42)49-38-40(26-22-16-12-8-4)28-24-20-18-14-10-6-2;29-27(23-11-15-25(16-12-23)30-19-21-7-3-1-4-8-21)28-24-13-17-26(18-14-24)31-20-22-9-5-2-6-10-22;27-25(19-11-15-23(16-12-19)28-21-7-3-1-4-8-21)26-20-13-17-24(18-14-20)29-22-9-5-2-6-10-22/h29-36,39-40H,5-28,37-38H2,1-4H3,(H,46,47);11-18,21-22H,1-10,19-20H2,(H,28,29);11-18,21-22H,1-10H2,(H,26,27). The number of nitrogens with one attached hydrogen (secondary N) is 3. The van der Waals surface area contributed by atoms with Crippen LogP contribution >= 0.6 is 0 Å². The SMILES string of the molecule is CCCCCCCCC(CCCCCC)COc1ccc(NC(=O)c2ccc(OCC(CCCCCC)CCCCCCCC)cc2)cc1.O=C(Nc1ccc(OC2CCCCC2)cc1)c1ccc(OC2CCCCC2)cc1.O=C(Nc1ccc(OCC2CCCCC2)cc1)c1ccc(OCC2CCCCC2)cc1. The first kappa shape index (κ1) is 87.1. The topological polar surface area (TPSA) is 143 Å². The predicted octanol–water partition coefficient (Wildman–Crippen LogP) is 27.6. The molecule has 598 valence electrons. The summed E-state index contributed by atoms with van der Waals surface area (Å²) in [6.45, 7) is 12.2. The van der Waals surface area contributed by atoms with Gasteiger partial charge in [0.2, 0.25) is 0 Å². The molecule has 6 aromatic carbocycles. The van der Waals surface area contributed by atoms with Gasteiger partial charge in [0, 0.05) is 33.8 Å². The van der Waals surface area contributed by atoms with E-state index in [0.717, 1.165) is 104 Å². The molecule has 0 saturated heterocycles. The van der Waals surface area contributed by atoms with E-state index in [4.69, 9.17) is 28.4 Å². The third-order valence-electron chi connectivity index (χ3n) is 22.7. The third kappa shape index (κ3) is 36.1. The number of ether oxygens (including phenoxy) is 6. The van der Waals surface area contributed by atoms with Crippen LogP contribution < -0.4 is 44.4 Å². The Kier molecular flexibility index (Phi) is 42.7. The van der Waals surface area contributed by atoms with Gasteiger partial charge in [-0.2, -0.15) is 0 Å². The maximum atomic E-state index is 13.0. The third-order valence-corrected chi connectivity index (χ3v) is 22.7. The molecule has 10 rings (SSSR count). The van der Waals surface area contributed by atoms with Crippen molar-refractivity contribution in [3.8, 4) is 34.5 Å². The summed E-state index contributed by atoms with van der Waals surface area (Å²) in [4.78, 5) is 38.1. The van der Waals surface area contributed by atoms with Crippen LogP contribution in [0.15, 0.2) is 146 Å². The van der Waals surface area contributed by atoms with Crippen LogP contribution in [0.2, 0.25) is 0 Å². The van der Waals surface area contributed by atoms with Crippen LogP contribution in [0.3, 0.4) is 0 Å². The highest BCUT2D eigenvalue weighted by atomic mass is 16.5. The number of unbranched alkanes of at least 4 members (excludes halogenated alkanes) is 16. The van der Waals surface area contributed by atoms with E-state index in [-0.39, 0.29) is 17.7 Å². The Balaban J connectivity index is 0.000000215. The van der Waals surface area contributed by atoms with Crippen molar-refractivity contribution in [2.75, 3.05) is 42.4 Å². The first-order valence-corrected chi connectivity index (χ1v) is 44.0. The molecular formula is C97H141N3O9.